The van der Waals surface area contributed by atoms with Crippen molar-refractivity contribution >= 4 is 5.91 Å². The molecule has 1 aliphatic carbocycles. The van der Waals surface area contributed by atoms with E-state index in [1.165, 1.54) is 12.8 Å². The molecular formula is C14H27NO2. The fourth-order valence-electron chi connectivity index (χ4n) is 2.93. The van der Waals surface area contributed by atoms with Crippen molar-refractivity contribution in [3.8, 4) is 0 Å². The van der Waals surface area contributed by atoms with E-state index in [1.54, 1.807) is 0 Å². The predicted molar refractivity (Wildman–Crippen MR) is 69.5 cm³/mol. The summed E-state index contributed by atoms with van der Waals surface area (Å²) in [6.45, 7) is 7.42. The number of aliphatic hydroxyl groups excluding tert-OH is 1. The number of carbonyl (C=O) groups is 1. The second-order valence-electron chi connectivity index (χ2n) is 5.80. The summed E-state index contributed by atoms with van der Waals surface area (Å²) in [4.78, 5) is 12.1. The van der Waals surface area contributed by atoms with E-state index < -0.39 is 0 Å². The van der Waals surface area contributed by atoms with Gasteiger partial charge in [0.15, 0.2) is 0 Å². The molecule has 3 atom stereocenters. The van der Waals surface area contributed by atoms with Gasteiger partial charge in [-0.3, -0.25) is 4.79 Å². The van der Waals surface area contributed by atoms with Crippen molar-refractivity contribution in [2.24, 2.45) is 23.7 Å². The topological polar surface area (TPSA) is 49.3 Å². The van der Waals surface area contributed by atoms with Crippen LogP contribution in [0.5, 0.6) is 0 Å². The Balaban J connectivity index is 2.53. The van der Waals surface area contributed by atoms with Gasteiger partial charge in [-0.25, -0.2) is 0 Å². The van der Waals surface area contributed by atoms with Crippen molar-refractivity contribution < 1.29 is 9.90 Å². The van der Waals surface area contributed by atoms with Crippen LogP contribution in [0.15, 0.2) is 0 Å². The van der Waals surface area contributed by atoms with Crippen LogP contribution < -0.4 is 5.32 Å². The van der Waals surface area contributed by atoms with E-state index in [0.717, 1.165) is 6.42 Å². The molecule has 3 nitrogen and oxygen atoms in total. The van der Waals surface area contributed by atoms with Crippen LogP contribution >= 0.6 is 0 Å². The van der Waals surface area contributed by atoms with Crippen molar-refractivity contribution in [1.82, 2.24) is 5.32 Å². The van der Waals surface area contributed by atoms with Gasteiger partial charge in [0.25, 0.3) is 0 Å². The Bertz CT molecular complexity index is 240. The second-order valence-corrected chi connectivity index (χ2v) is 5.80. The van der Waals surface area contributed by atoms with Gasteiger partial charge >= 0.3 is 0 Å². The molecule has 1 aliphatic rings. The normalized spacial score (nSPS) is 29.4. The first kappa shape index (κ1) is 14.5. The lowest BCUT2D eigenvalue weighted by Gasteiger charge is -2.36. The first-order valence-electron chi connectivity index (χ1n) is 6.94. The van der Waals surface area contributed by atoms with Gasteiger partial charge < -0.3 is 10.4 Å². The van der Waals surface area contributed by atoms with Gasteiger partial charge in [-0.1, -0.05) is 27.2 Å². The minimum absolute atomic E-state index is 0.148. The third-order valence-electron chi connectivity index (χ3n) is 3.99. The molecule has 1 rings (SSSR count). The summed E-state index contributed by atoms with van der Waals surface area (Å²) in [6, 6.07) is 0. The first-order chi connectivity index (χ1) is 8.06. The molecule has 0 saturated heterocycles. The Kier molecular flexibility index (Phi) is 5.96. The van der Waals surface area contributed by atoms with Gasteiger partial charge in [-0.05, 0) is 37.0 Å². The van der Waals surface area contributed by atoms with Crippen LogP contribution in [0.4, 0.5) is 0 Å². The average molecular weight is 241 g/mol. The molecular weight excluding hydrogens is 214 g/mol. The van der Waals surface area contributed by atoms with Gasteiger partial charge in [-0.15, -0.1) is 0 Å². The zero-order chi connectivity index (χ0) is 12.8. The van der Waals surface area contributed by atoms with Crippen molar-refractivity contribution in [2.45, 2.75) is 46.5 Å². The van der Waals surface area contributed by atoms with E-state index in [1.807, 2.05) is 0 Å². The fourth-order valence-corrected chi connectivity index (χ4v) is 2.93. The monoisotopic (exact) mass is 241 g/mol. The van der Waals surface area contributed by atoms with Crippen LogP contribution in [-0.2, 0) is 4.79 Å². The molecule has 3 heteroatoms. The molecule has 0 aromatic heterocycles. The summed E-state index contributed by atoms with van der Waals surface area (Å²) < 4.78 is 0. The minimum Gasteiger partial charge on any atom is -0.396 e. The van der Waals surface area contributed by atoms with E-state index >= 15 is 0 Å². The Morgan fingerprint density at radius 3 is 2.71 bits per heavy atom. The SMILES string of the molecule is CC(C)[C@@H]1CC[C@@H](C)C[C@H]1C(=O)NCCCO. The van der Waals surface area contributed by atoms with Gasteiger partial charge in [0, 0.05) is 19.1 Å². The maximum absolute atomic E-state index is 12.1. The Labute approximate surface area is 105 Å². The fraction of sp³-hybridized carbons (Fsp3) is 0.929. The number of hydrogen-bond donors (Lipinski definition) is 2. The average Bonchev–Trinajstić information content (AvgIpc) is 2.28. The van der Waals surface area contributed by atoms with Gasteiger partial charge in [-0.2, -0.15) is 0 Å². The molecule has 0 bridgehead atoms. The molecule has 1 amide bonds. The number of carbonyl (C=O) groups excluding carboxylic acids is 1. The van der Waals surface area contributed by atoms with Crippen LogP contribution in [0, 0.1) is 23.7 Å². The molecule has 0 heterocycles. The summed E-state index contributed by atoms with van der Waals surface area (Å²) in [5, 5.41) is 11.7. The second kappa shape index (κ2) is 7.00. The van der Waals surface area contributed by atoms with Gasteiger partial charge in [0.2, 0.25) is 5.91 Å². The van der Waals surface area contributed by atoms with Crippen LogP contribution in [0.3, 0.4) is 0 Å². The summed E-state index contributed by atoms with van der Waals surface area (Å²) in [5.41, 5.74) is 0. The highest BCUT2D eigenvalue weighted by Gasteiger charge is 2.34. The van der Waals surface area contributed by atoms with Crippen LogP contribution in [0.25, 0.3) is 0 Å². The van der Waals surface area contributed by atoms with Crippen LogP contribution in [-0.4, -0.2) is 24.2 Å². The smallest absolute Gasteiger partial charge is 0.223 e. The lowest BCUT2D eigenvalue weighted by atomic mass is 9.70. The Morgan fingerprint density at radius 2 is 2.12 bits per heavy atom. The lowest BCUT2D eigenvalue weighted by Crippen LogP contribution is -2.40. The summed E-state index contributed by atoms with van der Waals surface area (Å²) in [7, 11) is 0. The largest absolute Gasteiger partial charge is 0.396 e. The summed E-state index contributed by atoms with van der Waals surface area (Å²) >= 11 is 0. The number of nitrogens with one attached hydrogen (secondary N) is 1. The molecule has 0 spiro atoms. The molecule has 100 valence electrons. The summed E-state index contributed by atoms with van der Waals surface area (Å²) in [6.07, 6.45) is 4.11. The third-order valence-corrected chi connectivity index (χ3v) is 3.99. The quantitative estimate of drug-likeness (QED) is 0.725. The number of amides is 1. The van der Waals surface area contributed by atoms with Gasteiger partial charge in [0.05, 0.1) is 0 Å². The molecule has 17 heavy (non-hydrogen) atoms. The first-order valence-corrected chi connectivity index (χ1v) is 6.94. The highest BCUT2D eigenvalue weighted by molar-refractivity contribution is 5.79. The zero-order valence-corrected chi connectivity index (χ0v) is 11.4. The molecule has 0 radical (unpaired) electrons. The Hall–Kier alpha value is -0.570. The van der Waals surface area contributed by atoms with E-state index in [2.05, 4.69) is 26.1 Å². The number of hydrogen-bond acceptors (Lipinski definition) is 2. The molecule has 0 aromatic carbocycles. The molecule has 2 N–H and O–H groups in total. The van der Waals surface area contributed by atoms with Crippen LogP contribution in [0.2, 0.25) is 0 Å². The van der Waals surface area contributed by atoms with E-state index in [-0.39, 0.29) is 18.4 Å². The third kappa shape index (κ3) is 4.30. The summed E-state index contributed by atoms with van der Waals surface area (Å²) in [5.74, 6) is 2.15. The maximum Gasteiger partial charge on any atom is 0.223 e. The van der Waals surface area contributed by atoms with Crippen molar-refractivity contribution in [3.05, 3.63) is 0 Å². The van der Waals surface area contributed by atoms with Gasteiger partial charge in [0.1, 0.15) is 0 Å². The highest BCUT2D eigenvalue weighted by atomic mass is 16.3. The van der Waals surface area contributed by atoms with Crippen LogP contribution in [0.1, 0.15) is 46.5 Å². The van der Waals surface area contributed by atoms with E-state index in [4.69, 9.17) is 5.11 Å². The molecule has 0 unspecified atom stereocenters. The van der Waals surface area contributed by atoms with Crippen molar-refractivity contribution in [1.29, 1.82) is 0 Å². The minimum atomic E-state index is 0.148. The van der Waals surface area contributed by atoms with Crippen molar-refractivity contribution in [3.63, 3.8) is 0 Å². The molecule has 0 aromatic rings. The maximum atomic E-state index is 12.1. The highest BCUT2D eigenvalue weighted by Crippen LogP contribution is 2.37. The molecule has 1 fully saturated rings. The number of rotatable bonds is 5. The lowest BCUT2D eigenvalue weighted by molar-refractivity contribution is -0.129. The zero-order valence-electron chi connectivity index (χ0n) is 11.4. The molecule has 1 saturated carbocycles. The Morgan fingerprint density at radius 1 is 1.41 bits per heavy atom. The molecule has 0 aliphatic heterocycles. The van der Waals surface area contributed by atoms with E-state index in [0.29, 0.717) is 30.7 Å². The standard InChI is InChI=1S/C14H27NO2/c1-10(2)12-6-5-11(3)9-13(12)14(17)15-7-4-8-16/h10-13,16H,4-9H2,1-3H3,(H,15,17)/t11-,12+,13-/m1/s1. The number of aliphatic hydroxyl groups is 1. The van der Waals surface area contributed by atoms with Crippen molar-refractivity contribution in [2.75, 3.05) is 13.2 Å². The van der Waals surface area contributed by atoms with E-state index in [9.17, 15) is 4.79 Å². The predicted octanol–water partition coefficient (Wildman–Crippen LogP) is 2.19.